The first-order valence-electron chi connectivity index (χ1n) is 6.11. The van der Waals surface area contributed by atoms with Crippen LogP contribution >= 0.6 is 0 Å². The van der Waals surface area contributed by atoms with Crippen molar-refractivity contribution in [2.45, 2.75) is 45.4 Å². The Morgan fingerprint density at radius 3 is 2.50 bits per heavy atom. The van der Waals surface area contributed by atoms with Crippen LogP contribution in [0.2, 0.25) is 0 Å². The average Bonchev–Trinajstić information content (AvgIpc) is 2.54. The lowest BCUT2D eigenvalue weighted by molar-refractivity contribution is 0.397. The highest BCUT2D eigenvalue weighted by atomic mass is 32.2. The molecule has 0 aromatic rings. The Balaban J connectivity index is 2.69. The van der Waals surface area contributed by atoms with Gasteiger partial charge in [0.2, 0.25) is 10.0 Å². The first kappa shape index (κ1) is 13.9. The van der Waals surface area contributed by atoms with E-state index in [2.05, 4.69) is 12.2 Å². The molecule has 0 saturated carbocycles. The third-order valence-corrected chi connectivity index (χ3v) is 5.59. The summed E-state index contributed by atoms with van der Waals surface area (Å²) in [5, 5.41) is 2.76. The predicted molar refractivity (Wildman–Crippen MR) is 66.9 cm³/mol. The molecule has 3 atom stereocenters. The molecule has 5 heteroatoms. The summed E-state index contributed by atoms with van der Waals surface area (Å²) in [6.07, 6.45) is 0.979. The lowest BCUT2D eigenvalue weighted by Gasteiger charge is -2.25. The molecule has 0 amide bonds. The minimum absolute atomic E-state index is 0.157. The fourth-order valence-corrected chi connectivity index (χ4v) is 4.14. The van der Waals surface area contributed by atoms with Crippen molar-refractivity contribution < 1.29 is 8.42 Å². The van der Waals surface area contributed by atoms with Crippen LogP contribution in [-0.4, -0.2) is 43.6 Å². The van der Waals surface area contributed by atoms with E-state index in [1.165, 1.54) is 0 Å². The van der Waals surface area contributed by atoms with Crippen molar-refractivity contribution in [3.8, 4) is 0 Å². The van der Waals surface area contributed by atoms with E-state index in [0.29, 0.717) is 19.0 Å². The highest BCUT2D eigenvalue weighted by Crippen LogP contribution is 2.26. The van der Waals surface area contributed by atoms with Gasteiger partial charge in [-0.1, -0.05) is 13.8 Å². The summed E-state index contributed by atoms with van der Waals surface area (Å²) in [5.41, 5.74) is 0. The molecule has 1 aliphatic rings. The second-order valence-corrected chi connectivity index (χ2v) is 7.23. The number of nitrogens with zero attached hydrogens (tertiary/aromatic N) is 1. The maximum Gasteiger partial charge on any atom is 0.218 e. The van der Waals surface area contributed by atoms with Gasteiger partial charge in [-0.25, -0.2) is 8.42 Å². The zero-order valence-electron chi connectivity index (χ0n) is 10.7. The maximum absolute atomic E-state index is 12.3. The summed E-state index contributed by atoms with van der Waals surface area (Å²) in [6, 6.07) is 0.157. The van der Waals surface area contributed by atoms with Gasteiger partial charge in [0.25, 0.3) is 0 Å². The van der Waals surface area contributed by atoms with Crippen molar-refractivity contribution >= 4 is 10.0 Å². The predicted octanol–water partition coefficient (Wildman–Crippen LogP) is 1.04. The van der Waals surface area contributed by atoms with E-state index in [1.807, 2.05) is 13.8 Å². The van der Waals surface area contributed by atoms with Gasteiger partial charge < -0.3 is 5.32 Å². The van der Waals surface area contributed by atoms with E-state index >= 15 is 0 Å². The number of hydrogen-bond donors (Lipinski definition) is 1. The van der Waals surface area contributed by atoms with Gasteiger partial charge in [0.05, 0.1) is 5.25 Å². The molecule has 0 aromatic carbocycles. The summed E-state index contributed by atoms with van der Waals surface area (Å²) in [6.45, 7) is 9.91. The minimum Gasteiger partial charge on any atom is -0.316 e. The number of sulfonamides is 1. The molecular formula is C11H24N2O2S. The van der Waals surface area contributed by atoms with Crippen LogP contribution in [0.3, 0.4) is 0 Å². The smallest absolute Gasteiger partial charge is 0.218 e. The van der Waals surface area contributed by atoms with E-state index in [-0.39, 0.29) is 11.3 Å². The zero-order valence-corrected chi connectivity index (χ0v) is 11.5. The molecule has 4 nitrogen and oxygen atoms in total. The maximum atomic E-state index is 12.3. The zero-order chi connectivity index (χ0) is 12.3. The second kappa shape index (κ2) is 5.47. The third-order valence-electron chi connectivity index (χ3n) is 3.24. The minimum atomic E-state index is -3.12. The normalized spacial score (nSPS) is 29.5. The second-order valence-electron chi connectivity index (χ2n) is 4.92. The van der Waals surface area contributed by atoms with Crippen LogP contribution in [0.5, 0.6) is 0 Å². The van der Waals surface area contributed by atoms with Gasteiger partial charge in [0.1, 0.15) is 0 Å². The van der Waals surface area contributed by atoms with Crippen molar-refractivity contribution in [3.05, 3.63) is 0 Å². The average molecular weight is 248 g/mol. The van der Waals surface area contributed by atoms with Crippen molar-refractivity contribution in [2.75, 3.05) is 19.6 Å². The van der Waals surface area contributed by atoms with Gasteiger partial charge in [-0.2, -0.15) is 4.31 Å². The standard InChI is InChI=1S/C11H24N2O2S/c1-5-12-7-11(4)16(14,15)13-8-9(2)6-10(13)3/h9-12H,5-8H2,1-4H3. The van der Waals surface area contributed by atoms with E-state index in [9.17, 15) is 8.42 Å². The Morgan fingerprint density at radius 2 is 2.06 bits per heavy atom. The topological polar surface area (TPSA) is 49.4 Å². The van der Waals surface area contributed by atoms with Gasteiger partial charge >= 0.3 is 0 Å². The number of rotatable bonds is 5. The van der Waals surface area contributed by atoms with Crippen molar-refractivity contribution in [1.29, 1.82) is 0 Å². The monoisotopic (exact) mass is 248 g/mol. The largest absolute Gasteiger partial charge is 0.316 e. The number of nitrogens with one attached hydrogen (secondary N) is 1. The molecular weight excluding hydrogens is 224 g/mol. The van der Waals surface area contributed by atoms with E-state index < -0.39 is 10.0 Å². The Bertz CT molecular complexity index is 316. The summed E-state index contributed by atoms with van der Waals surface area (Å²) < 4.78 is 26.2. The Hall–Kier alpha value is -0.130. The Kier molecular flexibility index (Phi) is 4.76. The van der Waals surface area contributed by atoms with E-state index in [1.54, 1.807) is 11.2 Å². The lowest BCUT2D eigenvalue weighted by Crippen LogP contribution is -2.43. The SMILES string of the molecule is CCNCC(C)S(=O)(=O)N1CC(C)CC1C. The van der Waals surface area contributed by atoms with Gasteiger partial charge in [0, 0.05) is 19.1 Å². The molecule has 1 heterocycles. The van der Waals surface area contributed by atoms with E-state index in [0.717, 1.165) is 13.0 Å². The van der Waals surface area contributed by atoms with Crippen LogP contribution < -0.4 is 5.32 Å². The van der Waals surface area contributed by atoms with Crippen molar-refractivity contribution in [3.63, 3.8) is 0 Å². The number of hydrogen-bond acceptors (Lipinski definition) is 3. The van der Waals surface area contributed by atoms with Gasteiger partial charge in [0.15, 0.2) is 0 Å². The summed E-state index contributed by atoms with van der Waals surface area (Å²) in [7, 11) is -3.12. The molecule has 1 rings (SSSR count). The van der Waals surface area contributed by atoms with Gasteiger partial charge in [-0.15, -0.1) is 0 Å². The first-order chi connectivity index (χ1) is 7.39. The molecule has 1 saturated heterocycles. The lowest BCUT2D eigenvalue weighted by atomic mass is 10.1. The fraction of sp³-hybridized carbons (Fsp3) is 1.00. The molecule has 1 fully saturated rings. The third kappa shape index (κ3) is 2.96. The van der Waals surface area contributed by atoms with Crippen LogP contribution in [0.15, 0.2) is 0 Å². The summed E-state index contributed by atoms with van der Waals surface area (Å²) in [4.78, 5) is 0. The van der Waals surface area contributed by atoms with Gasteiger partial charge in [-0.05, 0) is 32.7 Å². The van der Waals surface area contributed by atoms with Crippen LogP contribution in [-0.2, 0) is 10.0 Å². The fourth-order valence-electron chi connectivity index (χ4n) is 2.30. The molecule has 0 bridgehead atoms. The highest BCUT2D eigenvalue weighted by molar-refractivity contribution is 7.89. The van der Waals surface area contributed by atoms with Crippen LogP contribution in [0.25, 0.3) is 0 Å². The molecule has 96 valence electrons. The molecule has 1 N–H and O–H groups in total. The Labute approximate surface area is 99.5 Å². The van der Waals surface area contributed by atoms with Crippen LogP contribution in [0.4, 0.5) is 0 Å². The molecule has 16 heavy (non-hydrogen) atoms. The molecule has 0 aliphatic carbocycles. The first-order valence-corrected chi connectivity index (χ1v) is 7.61. The van der Waals surface area contributed by atoms with Crippen LogP contribution in [0.1, 0.15) is 34.1 Å². The molecule has 0 aromatic heterocycles. The molecule has 3 unspecified atom stereocenters. The summed E-state index contributed by atoms with van der Waals surface area (Å²) in [5.74, 6) is 0.483. The van der Waals surface area contributed by atoms with Crippen LogP contribution in [0, 0.1) is 5.92 Å². The molecule has 0 radical (unpaired) electrons. The van der Waals surface area contributed by atoms with Gasteiger partial charge in [-0.3, -0.25) is 0 Å². The van der Waals surface area contributed by atoms with Crippen molar-refractivity contribution in [1.82, 2.24) is 9.62 Å². The van der Waals surface area contributed by atoms with Crippen molar-refractivity contribution in [2.24, 2.45) is 5.92 Å². The highest BCUT2D eigenvalue weighted by Gasteiger charge is 2.37. The quantitative estimate of drug-likeness (QED) is 0.791. The van der Waals surface area contributed by atoms with E-state index in [4.69, 9.17) is 0 Å². The summed E-state index contributed by atoms with van der Waals surface area (Å²) >= 11 is 0. The Morgan fingerprint density at radius 1 is 1.44 bits per heavy atom. The molecule has 0 spiro atoms. The molecule has 1 aliphatic heterocycles.